The van der Waals surface area contributed by atoms with E-state index in [4.69, 9.17) is 27.9 Å². The second kappa shape index (κ2) is 9.81. The molecule has 0 aliphatic heterocycles. The van der Waals surface area contributed by atoms with E-state index < -0.39 is 6.10 Å². The second-order valence-electron chi connectivity index (χ2n) is 6.37. The zero-order valence-electron chi connectivity index (χ0n) is 14.9. The van der Waals surface area contributed by atoms with Crippen molar-refractivity contribution in [2.75, 3.05) is 0 Å². The van der Waals surface area contributed by atoms with Crippen LogP contribution in [-0.4, -0.2) is 12.0 Å². The van der Waals surface area contributed by atoms with E-state index in [1.807, 2.05) is 31.2 Å². The Morgan fingerprint density at radius 2 is 1.81 bits per heavy atom. The third-order valence-electron chi connectivity index (χ3n) is 4.02. The maximum atomic E-state index is 12.8. The molecule has 0 aliphatic rings. The monoisotopic (exact) mass is 505 g/mol. The van der Waals surface area contributed by atoms with Gasteiger partial charge in [0.2, 0.25) is 0 Å². The quantitative estimate of drug-likeness (QED) is 0.450. The second-order valence-corrected chi connectivity index (χ2v) is 8.46. The summed E-state index contributed by atoms with van der Waals surface area (Å²) >= 11 is 14.3. The lowest BCUT2D eigenvalue weighted by Crippen LogP contribution is -2.41. The van der Waals surface area contributed by atoms with Gasteiger partial charge in [0.05, 0.1) is 11.1 Å². The molecule has 26 heavy (non-hydrogen) atoms. The Hall–Kier alpha value is -0.980. The Bertz CT molecular complexity index is 750. The summed E-state index contributed by atoms with van der Waals surface area (Å²) in [6.45, 7) is 6.07. The van der Waals surface area contributed by atoms with E-state index >= 15 is 0 Å². The molecule has 2 atom stereocenters. The van der Waals surface area contributed by atoms with E-state index in [0.717, 1.165) is 9.13 Å². The third-order valence-corrected chi connectivity index (χ3v) is 5.27. The molecule has 1 N–H and O–H groups in total. The van der Waals surface area contributed by atoms with Gasteiger partial charge in [0, 0.05) is 8.59 Å². The summed E-state index contributed by atoms with van der Waals surface area (Å²) in [7, 11) is 0. The zero-order chi connectivity index (χ0) is 19.3. The zero-order valence-corrected chi connectivity index (χ0v) is 18.6. The van der Waals surface area contributed by atoms with Gasteiger partial charge in [-0.05, 0) is 70.8 Å². The predicted octanol–water partition coefficient (Wildman–Crippen LogP) is 6.27. The highest BCUT2D eigenvalue weighted by Gasteiger charge is 2.25. The van der Waals surface area contributed by atoms with Crippen LogP contribution >= 0.6 is 45.8 Å². The summed E-state index contributed by atoms with van der Waals surface area (Å²) in [4.78, 5) is 12.8. The molecule has 0 fully saturated rings. The standard InChI is InChI=1S/C20H22Cl2INO2/c1-4-17(26-18-10-7-14(21)11-16(18)22)20(25)24-19(12(2)3)13-5-8-15(23)9-6-13/h5-12,17,19H,4H2,1-3H3,(H,24,25). The van der Waals surface area contributed by atoms with Crippen molar-refractivity contribution in [2.24, 2.45) is 5.92 Å². The smallest absolute Gasteiger partial charge is 0.261 e. The summed E-state index contributed by atoms with van der Waals surface area (Å²) in [6.07, 6.45) is -0.0961. The molecule has 2 aromatic rings. The van der Waals surface area contributed by atoms with Crippen LogP contribution in [0.1, 0.15) is 38.8 Å². The molecule has 3 nitrogen and oxygen atoms in total. The molecule has 0 aromatic heterocycles. The van der Waals surface area contributed by atoms with Crippen LogP contribution in [0, 0.1) is 9.49 Å². The van der Waals surface area contributed by atoms with Crippen molar-refractivity contribution in [3.63, 3.8) is 0 Å². The highest BCUT2D eigenvalue weighted by molar-refractivity contribution is 14.1. The first-order valence-corrected chi connectivity index (χ1v) is 10.3. The molecule has 2 rings (SSSR count). The van der Waals surface area contributed by atoms with Crippen LogP contribution in [0.2, 0.25) is 10.0 Å². The van der Waals surface area contributed by atoms with Crippen LogP contribution in [-0.2, 0) is 4.79 Å². The fourth-order valence-corrected chi connectivity index (χ4v) is 3.41. The minimum absolute atomic E-state index is 0.0853. The molecule has 1 amide bonds. The first-order chi connectivity index (χ1) is 12.3. The largest absolute Gasteiger partial charge is 0.479 e. The summed E-state index contributed by atoms with van der Waals surface area (Å²) in [6, 6.07) is 13.1. The molecule has 0 saturated heterocycles. The van der Waals surface area contributed by atoms with Crippen LogP contribution in [0.4, 0.5) is 0 Å². The van der Waals surface area contributed by atoms with E-state index in [-0.39, 0.29) is 17.9 Å². The maximum absolute atomic E-state index is 12.8. The number of hydrogen-bond donors (Lipinski definition) is 1. The molecule has 2 unspecified atom stereocenters. The minimum Gasteiger partial charge on any atom is -0.479 e. The molecular formula is C20H22Cl2INO2. The summed E-state index contributed by atoms with van der Waals surface area (Å²) in [5.74, 6) is 0.542. The molecule has 0 radical (unpaired) electrons. The summed E-state index contributed by atoms with van der Waals surface area (Å²) < 4.78 is 7.00. The van der Waals surface area contributed by atoms with E-state index in [1.165, 1.54) is 0 Å². The van der Waals surface area contributed by atoms with Gasteiger partial charge < -0.3 is 10.1 Å². The molecule has 0 heterocycles. The fourth-order valence-electron chi connectivity index (χ4n) is 2.60. The van der Waals surface area contributed by atoms with Crippen LogP contribution in [0.15, 0.2) is 42.5 Å². The third kappa shape index (κ3) is 5.76. The SMILES string of the molecule is CCC(Oc1ccc(Cl)cc1Cl)C(=O)NC(c1ccc(I)cc1)C(C)C. The van der Waals surface area contributed by atoms with E-state index in [2.05, 4.69) is 41.8 Å². The number of rotatable bonds is 7. The van der Waals surface area contributed by atoms with Gasteiger partial charge in [0.1, 0.15) is 5.75 Å². The van der Waals surface area contributed by atoms with Crippen LogP contribution in [0.5, 0.6) is 5.75 Å². The topological polar surface area (TPSA) is 38.3 Å². The Labute approximate surface area is 178 Å². The molecule has 0 saturated carbocycles. The predicted molar refractivity (Wildman–Crippen MR) is 116 cm³/mol. The van der Waals surface area contributed by atoms with Gasteiger partial charge in [0.15, 0.2) is 6.10 Å². The van der Waals surface area contributed by atoms with E-state index in [9.17, 15) is 4.79 Å². The normalized spacial score (nSPS) is 13.3. The number of benzene rings is 2. The fraction of sp³-hybridized carbons (Fsp3) is 0.350. The number of amides is 1. The lowest BCUT2D eigenvalue weighted by Gasteiger charge is -2.26. The number of nitrogens with one attached hydrogen (secondary N) is 1. The molecule has 0 bridgehead atoms. The van der Waals surface area contributed by atoms with Gasteiger partial charge in [-0.15, -0.1) is 0 Å². The van der Waals surface area contributed by atoms with Crippen molar-refractivity contribution in [1.82, 2.24) is 5.32 Å². The molecule has 140 valence electrons. The lowest BCUT2D eigenvalue weighted by molar-refractivity contribution is -0.129. The average molecular weight is 506 g/mol. The number of carbonyl (C=O) groups is 1. The van der Waals surface area contributed by atoms with Crippen molar-refractivity contribution in [2.45, 2.75) is 39.3 Å². The van der Waals surface area contributed by atoms with Gasteiger partial charge in [-0.1, -0.05) is 56.1 Å². The number of halogens is 3. The Morgan fingerprint density at radius 3 is 2.35 bits per heavy atom. The highest BCUT2D eigenvalue weighted by atomic mass is 127. The number of ether oxygens (including phenoxy) is 1. The van der Waals surface area contributed by atoms with E-state index in [0.29, 0.717) is 22.2 Å². The Balaban J connectivity index is 2.14. The Kier molecular flexibility index (Phi) is 8.05. The van der Waals surface area contributed by atoms with Gasteiger partial charge in [0.25, 0.3) is 5.91 Å². The summed E-state index contributed by atoms with van der Waals surface area (Å²) in [5, 5.41) is 4.04. The number of hydrogen-bond acceptors (Lipinski definition) is 2. The highest BCUT2D eigenvalue weighted by Crippen LogP contribution is 2.29. The van der Waals surface area contributed by atoms with Crippen molar-refractivity contribution >= 4 is 51.7 Å². The average Bonchev–Trinajstić information content (AvgIpc) is 2.59. The number of carbonyl (C=O) groups excluding carboxylic acids is 1. The van der Waals surface area contributed by atoms with Gasteiger partial charge in [-0.2, -0.15) is 0 Å². The van der Waals surface area contributed by atoms with Crippen LogP contribution < -0.4 is 10.1 Å². The van der Waals surface area contributed by atoms with E-state index in [1.54, 1.807) is 18.2 Å². The minimum atomic E-state index is -0.626. The van der Waals surface area contributed by atoms with Crippen LogP contribution in [0.3, 0.4) is 0 Å². The first kappa shape index (κ1) is 21.3. The van der Waals surface area contributed by atoms with Gasteiger partial charge in [-0.3, -0.25) is 4.79 Å². The Morgan fingerprint density at radius 1 is 1.15 bits per heavy atom. The molecule has 2 aromatic carbocycles. The first-order valence-electron chi connectivity index (χ1n) is 8.49. The van der Waals surface area contributed by atoms with Crippen molar-refractivity contribution in [3.8, 4) is 5.75 Å². The van der Waals surface area contributed by atoms with Crippen molar-refractivity contribution in [1.29, 1.82) is 0 Å². The maximum Gasteiger partial charge on any atom is 0.261 e. The summed E-state index contributed by atoms with van der Waals surface area (Å²) in [5.41, 5.74) is 1.08. The van der Waals surface area contributed by atoms with Gasteiger partial charge in [-0.25, -0.2) is 0 Å². The molecule has 6 heteroatoms. The van der Waals surface area contributed by atoms with Gasteiger partial charge >= 0.3 is 0 Å². The van der Waals surface area contributed by atoms with Crippen molar-refractivity contribution in [3.05, 3.63) is 61.6 Å². The lowest BCUT2D eigenvalue weighted by atomic mass is 9.95. The van der Waals surface area contributed by atoms with Crippen LogP contribution in [0.25, 0.3) is 0 Å². The molecular weight excluding hydrogens is 484 g/mol. The van der Waals surface area contributed by atoms with Crippen molar-refractivity contribution < 1.29 is 9.53 Å². The molecule has 0 spiro atoms. The molecule has 0 aliphatic carbocycles.